The molecule has 0 radical (unpaired) electrons. The first-order valence-electron chi connectivity index (χ1n) is 6.23. The van der Waals surface area contributed by atoms with Crippen LogP contribution in [0.5, 0.6) is 0 Å². The van der Waals surface area contributed by atoms with Gasteiger partial charge in [0.15, 0.2) is 0 Å². The van der Waals surface area contributed by atoms with Crippen LogP contribution in [0.15, 0.2) is 22.7 Å². The lowest BCUT2D eigenvalue weighted by molar-refractivity contribution is 0.372. The number of nitrogens with zero attached hydrogens (tertiary/aromatic N) is 3. The number of rotatable bonds is 3. The number of nitriles is 1. The fourth-order valence-electron chi connectivity index (χ4n) is 2.63. The highest BCUT2D eigenvalue weighted by Gasteiger charge is 2.27. The van der Waals surface area contributed by atoms with Gasteiger partial charge in [-0.1, -0.05) is 6.07 Å². The zero-order valence-electron chi connectivity index (χ0n) is 10.9. The molecule has 3 nitrogen and oxygen atoms in total. The quantitative estimate of drug-likeness (QED) is 0.860. The molecule has 4 heteroatoms. The zero-order chi connectivity index (χ0) is 13.1. The summed E-state index contributed by atoms with van der Waals surface area (Å²) in [5.74, 6) is 0. The summed E-state index contributed by atoms with van der Waals surface area (Å²) in [5, 5.41) is 9.31. The van der Waals surface area contributed by atoms with Crippen LogP contribution in [0.2, 0.25) is 0 Å². The van der Waals surface area contributed by atoms with E-state index in [1.54, 1.807) is 0 Å². The van der Waals surface area contributed by atoms with Gasteiger partial charge in [0.05, 0.1) is 11.3 Å². The number of hydrogen-bond acceptors (Lipinski definition) is 3. The average molecular weight is 308 g/mol. The molecule has 1 aromatic carbocycles. The topological polar surface area (TPSA) is 30.3 Å². The SMILES string of the molecule is CN(C)CC1CCCN1c1cccc(Br)c1C#N. The molecule has 0 saturated carbocycles. The van der Waals surface area contributed by atoms with Crippen molar-refractivity contribution in [1.82, 2.24) is 4.90 Å². The second kappa shape index (κ2) is 5.73. The van der Waals surface area contributed by atoms with Crippen molar-refractivity contribution in [2.75, 3.05) is 32.1 Å². The van der Waals surface area contributed by atoms with Crippen LogP contribution < -0.4 is 4.90 Å². The standard InChI is InChI=1S/C14H18BrN3/c1-17(2)10-11-5-4-8-18(11)14-7-3-6-13(15)12(14)9-16/h3,6-7,11H,4-5,8,10H2,1-2H3. The van der Waals surface area contributed by atoms with E-state index in [-0.39, 0.29) is 0 Å². The van der Waals surface area contributed by atoms with Gasteiger partial charge in [-0.3, -0.25) is 0 Å². The van der Waals surface area contributed by atoms with Gasteiger partial charge in [0.2, 0.25) is 0 Å². The molecule has 0 aromatic heterocycles. The Balaban J connectivity index is 2.31. The van der Waals surface area contributed by atoms with E-state index in [4.69, 9.17) is 0 Å². The second-order valence-electron chi connectivity index (χ2n) is 5.00. The lowest BCUT2D eigenvalue weighted by Gasteiger charge is -2.29. The lowest BCUT2D eigenvalue weighted by Crippen LogP contribution is -2.37. The summed E-state index contributed by atoms with van der Waals surface area (Å²) in [6.07, 6.45) is 2.41. The Hall–Kier alpha value is -1.05. The summed E-state index contributed by atoms with van der Waals surface area (Å²) in [6, 6.07) is 8.82. The highest BCUT2D eigenvalue weighted by Crippen LogP contribution is 2.32. The van der Waals surface area contributed by atoms with Crippen LogP contribution in [0, 0.1) is 11.3 Å². The number of halogens is 1. The predicted molar refractivity (Wildman–Crippen MR) is 77.8 cm³/mol. The van der Waals surface area contributed by atoms with Gasteiger partial charge in [-0.15, -0.1) is 0 Å². The van der Waals surface area contributed by atoms with E-state index in [1.165, 1.54) is 12.8 Å². The molecule has 1 unspecified atom stereocenters. The van der Waals surface area contributed by atoms with Gasteiger partial charge in [-0.25, -0.2) is 0 Å². The van der Waals surface area contributed by atoms with E-state index < -0.39 is 0 Å². The molecule has 0 N–H and O–H groups in total. The monoisotopic (exact) mass is 307 g/mol. The van der Waals surface area contributed by atoms with Crippen molar-refractivity contribution >= 4 is 21.6 Å². The predicted octanol–water partition coefficient (Wildman–Crippen LogP) is 2.85. The van der Waals surface area contributed by atoms with E-state index in [2.05, 4.69) is 52.0 Å². The maximum absolute atomic E-state index is 9.31. The largest absolute Gasteiger partial charge is 0.366 e. The van der Waals surface area contributed by atoms with E-state index in [9.17, 15) is 5.26 Å². The fourth-order valence-corrected chi connectivity index (χ4v) is 3.07. The molecule has 1 saturated heterocycles. The van der Waals surface area contributed by atoms with E-state index in [1.807, 2.05) is 12.1 Å². The molecule has 1 aromatic rings. The van der Waals surface area contributed by atoms with Gasteiger partial charge in [-0.05, 0) is 55.0 Å². The Bertz CT molecular complexity index is 465. The molecule has 1 aliphatic rings. The van der Waals surface area contributed by atoms with Crippen LogP contribution >= 0.6 is 15.9 Å². The van der Waals surface area contributed by atoms with Gasteiger partial charge in [0, 0.05) is 23.6 Å². The van der Waals surface area contributed by atoms with Crippen molar-refractivity contribution in [3.8, 4) is 6.07 Å². The van der Waals surface area contributed by atoms with Crippen molar-refractivity contribution in [1.29, 1.82) is 5.26 Å². The summed E-state index contributed by atoms with van der Waals surface area (Å²) >= 11 is 3.47. The first kappa shape index (κ1) is 13.4. The smallest absolute Gasteiger partial charge is 0.103 e. The third kappa shape index (κ3) is 2.68. The minimum absolute atomic E-state index is 0.515. The summed E-state index contributed by atoms with van der Waals surface area (Å²) in [4.78, 5) is 4.59. The number of likely N-dealkylation sites (N-methyl/N-ethyl adjacent to an activating group) is 1. The van der Waals surface area contributed by atoms with Crippen molar-refractivity contribution < 1.29 is 0 Å². The molecule has 18 heavy (non-hydrogen) atoms. The van der Waals surface area contributed by atoms with Gasteiger partial charge < -0.3 is 9.80 Å². The van der Waals surface area contributed by atoms with E-state index in [0.29, 0.717) is 6.04 Å². The van der Waals surface area contributed by atoms with Crippen LogP contribution in [0.1, 0.15) is 18.4 Å². The third-order valence-electron chi connectivity index (χ3n) is 3.37. The fraction of sp³-hybridized carbons (Fsp3) is 0.500. The van der Waals surface area contributed by atoms with E-state index >= 15 is 0 Å². The van der Waals surface area contributed by atoms with Crippen molar-refractivity contribution in [2.45, 2.75) is 18.9 Å². The minimum Gasteiger partial charge on any atom is -0.366 e. The summed E-state index contributed by atoms with van der Waals surface area (Å²) in [7, 11) is 4.20. The lowest BCUT2D eigenvalue weighted by atomic mass is 10.1. The van der Waals surface area contributed by atoms with Crippen LogP contribution in [0.25, 0.3) is 0 Å². The molecular weight excluding hydrogens is 290 g/mol. The molecule has 96 valence electrons. The maximum atomic E-state index is 9.31. The van der Waals surface area contributed by atoms with Crippen LogP contribution in [0.4, 0.5) is 5.69 Å². The molecule has 0 spiro atoms. The normalized spacial score (nSPS) is 19.3. The van der Waals surface area contributed by atoms with Gasteiger partial charge in [-0.2, -0.15) is 5.26 Å². The number of benzene rings is 1. The molecule has 1 aliphatic heterocycles. The summed E-state index contributed by atoms with van der Waals surface area (Å²) in [5.41, 5.74) is 1.82. The van der Waals surface area contributed by atoms with Crippen LogP contribution in [0.3, 0.4) is 0 Å². The van der Waals surface area contributed by atoms with Crippen molar-refractivity contribution in [3.63, 3.8) is 0 Å². The summed E-state index contributed by atoms with van der Waals surface area (Å²) < 4.78 is 0.887. The van der Waals surface area contributed by atoms with E-state index in [0.717, 1.165) is 28.8 Å². The van der Waals surface area contributed by atoms with Crippen molar-refractivity contribution in [2.24, 2.45) is 0 Å². The highest BCUT2D eigenvalue weighted by atomic mass is 79.9. The number of anilines is 1. The molecule has 2 rings (SSSR count). The van der Waals surface area contributed by atoms with Crippen LogP contribution in [-0.2, 0) is 0 Å². The Morgan fingerprint density at radius 1 is 1.50 bits per heavy atom. The molecule has 1 fully saturated rings. The van der Waals surface area contributed by atoms with Gasteiger partial charge in [0.1, 0.15) is 6.07 Å². The first-order valence-corrected chi connectivity index (χ1v) is 7.02. The first-order chi connectivity index (χ1) is 8.63. The minimum atomic E-state index is 0.515. The Morgan fingerprint density at radius 2 is 2.28 bits per heavy atom. The molecule has 1 atom stereocenters. The Kier molecular flexibility index (Phi) is 4.26. The Labute approximate surface area is 117 Å². The number of hydrogen-bond donors (Lipinski definition) is 0. The third-order valence-corrected chi connectivity index (χ3v) is 4.03. The van der Waals surface area contributed by atoms with Crippen molar-refractivity contribution in [3.05, 3.63) is 28.2 Å². The summed E-state index contributed by atoms with van der Waals surface area (Å²) in [6.45, 7) is 2.08. The van der Waals surface area contributed by atoms with Gasteiger partial charge in [0.25, 0.3) is 0 Å². The van der Waals surface area contributed by atoms with Gasteiger partial charge >= 0.3 is 0 Å². The molecule has 0 aliphatic carbocycles. The van der Waals surface area contributed by atoms with Crippen LogP contribution in [-0.4, -0.2) is 38.1 Å². The molecule has 0 amide bonds. The Morgan fingerprint density at radius 3 is 2.94 bits per heavy atom. The maximum Gasteiger partial charge on any atom is 0.103 e. The second-order valence-corrected chi connectivity index (χ2v) is 5.85. The molecular formula is C14H18BrN3. The molecule has 1 heterocycles. The highest BCUT2D eigenvalue weighted by molar-refractivity contribution is 9.10. The molecule has 0 bridgehead atoms. The zero-order valence-corrected chi connectivity index (χ0v) is 12.4. The average Bonchev–Trinajstić information content (AvgIpc) is 2.75.